The maximum absolute atomic E-state index is 6.05. The van der Waals surface area contributed by atoms with E-state index < -0.39 is 0 Å². The van der Waals surface area contributed by atoms with Gasteiger partial charge in [-0.3, -0.25) is 0 Å². The fourth-order valence-electron chi connectivity index (χ4n) is 3.92. The molecule has 0 amide bonds. The molecule has 1 fully saturated rings. The first-order valence-corrected chi connectivity index (χ1v) is 9.14. The van der Waals surface area contributed by atoms with Gasteiger partial charge in [0, 0.05) is 17.9 Å². The second-order valence-electron chi connectivity index (χ2n) is 7.04. The van der Waals surface area contributed by atoms with E-state index in [9.17, 15) is 0 Å². The van der Waals surface area contributed by atoms with Crippen LogP contribution in [0.1, 0.15) is 48.8 Å². The fourth-order valence-corrected chi connectivity index (χ4v) is 3.92. The van der Waals surface area contributed by atoms with Crippen molar-refractivity contribution in [1.82, 2.24) is 5.32 Å². The van der Waals surface area contributed by atoms with E-state index in [1.54, 1.807) is 0 Å². The highest BCUT2D eigenvalue weighted by atomic mass is 16.5. The van der Waals surface area contributed by atoms with Crippen LogP contribution in [0.3, 0.4) is 0 Å². The molecule has 0 aromatic heterocycles. The Hall–Kier alpha value is -1.80. The summed E-state index contributed by atoms with van der Waals surface area (Å²) in [5, 5.41) is 3.42. The molecule has 1 saturated carbocycles. The number of ether oxygens (including phenoxy) is 1. The molecule has 0 radical (unpaired) electrons. The molecule has 2 nitrogen and oxygen atoms in total. The van der Waals surface area contributed by atoms with E-state index in [0.717, 1.165) is 12.4 Å². The van der Waals surface area contributed by atoms with Crippen molar-refractivity contribution in [2.45, 2.75) is 45.1 Å². The van der Waals surface area contributed by atoms with Gasteiger partial charge in [0.05, 0.1) is 6.61 Å². The van der Waals surface area contributed by atoms with Gasteiger partial charge in [-0.2, -0.15) is 0 Å². The monoisotopic (exact) mass is 323 g/mol. The summed E-state index contributed by atoms with van der Waals surface area (Å²) in [6.45, 7) is 5.27. The Labute approximate surface area is 146 Å². The van der Waals surface area contributed by atoms with Gasteiger partial charge in [0.15, 0.2) is 0 Å². The molecule has 0 aliphatic heterocycles. The minimum absolute atomic E-state index is 0.406. The molecule has 2 aromatic rings. The normalized spacial score (nSPS) is 21.6. The summed E-state index contributed by atoms with van der Waals surface area (Å²) in [5.41, 5.74) is 4.09. The number of benzene rings is 2. The fraction of sp³-hybridized carbons (Fsp3) is 0.455. The van der Waals surface area contributed by atoms with Crippen molar-refractivity contribution in [2.75, 3.05) is 13.7 Å². The van der Waals surface area contributed by atoms with Crippen LogP contribution in [0.15, 0.2) is 48.5 Å². The summed E-state index contributed by atoms with van der Waals surface area (Å²) < 4.78 is 6.05. The number of aryl methyl sites for hydroxylation is 1. The molecule has 3 unspecified atom stereocenters. The first-order valence-electron chi connectivity index (χ1n) is 9.14. The number of rotatable bonds is 6. The molecule has 24 heavy (non-hydrogen) atoms. The molecule has 3 atom stereocenters. The number of nitrogens with one attached hydrogen (secondary N) is 1. The van der Waals surface area contributed by atoms with Crippen molar-refractivity contribution < 1.29 is 4.74 Å². The van der Waals surface area contributed by atoms with Crippen molar-refractivity contribution >= 4 is 0 Å². The third kappa shape index (κ3) is 3.81. The smallest absolute Gasteiger partial charge is 0.119 e. The van der Waals surface area contributed by atoms with Crippen molar-refractivity contribution in [3.8, 4) is 5.75 Å². The quantitative estimate of drug-likeness (QED) is 0.815. The van der Waals surface area contributed by atoms with Crippen molar-refractivity contribution in [3.63, 3.8) is 0 Å². The highest BCUT2D eigenvalue weighted by molar-refractivity contribution is 5.38. The highest BCUT2D eigenvalue weighted by Crippen LogP contribution is 2.29. The Morgan fingerprint density at radius 3 is 2.54 bits per heavy atom. The van der Waals surface area contributed by atoms with E-state index in [-0.39, 0.29) is 0 Å². The molecule has 1 N–H and O–H groups in total. The van der Waals surface area contributed by atoms with Crippen LogP contribution in [0.25, 0.3) is 0 Å². The van der Waals surface area contributed by atoms with Crippen LogP contribution in [-0.2, 0) is 0 Å². The van der Waals surface area contributed by atoms with Crippen LogP contribution < -0.4 is 10.1 Å². The Morgan fingerprint density at radius 2 is 1.83 bits per heavy atom. The van der Waals surface area contributed by atoms with Crippen molar-refractivity contribution in [2.24, 2.45) is 5.92 Å². The van der Waals surface area contributed by atoms with Crippen LogP contribution >= 0.6 is 0 Å². The van der Waals surface area contributed by atoms with E-state index in [0.29, 0.717) is 17.9 Å². The lowest BCUT2D eigenvalue weighted by atomic mass is 9.90. The highest BCUT2D eigenvalue weighted by Gasteiger charge is 2.26. The first kappa shape index (κ1) is 17.0. The summed E-state index contributed by atoms with van der Waals surface area (Å²) in [7, 11) is 2.06. The van der Waals surface area contributed by atoms with Gasteiger partial charge in [-0.25, -0.2) is 0 Å². The summed E-state index contributed by atoms with van der Waals surface area (Å²) >= 11 is 0. The number of hydrogen-bond acceptors (Lipinski definition) is 2. The standard InChI is InChI=1S/C22H29NO/c1-16-7-4-5-9-21(16)17(2)18-11-13-20(14-12-18)24-15-19-8-6-10-22(19)23-3/h4-5,7,9,11-14,17,19,22-23H,6,8,10,15H2,1-3H3. The third-order valence-corrected chi connectivity index (χ3v) is 5.53. The lowest BCUT2D eigenvalue weighted by Crippen LogP contribution is -2.32. The number of hydrogen-bond donors (Lipinski definition) is 1. The van der Waals surface area contributed by atoms with Gasteiger partial charge in [0.2, 0.25) is 0 Å². The predicted octanol–water partition coefficient (Wildman–Crippen LogP) is 4.91. The lowest BCUT2D eigenvalue weighted by Gasteiger charge is -2.20. The van der Waals surface area contributed by atoms with Crippen LogP contribution in [0.2, 0.25) is 0 Å². The Morgan fingerprint density at radius 1 is 1.08 bits per heavy atom. The predicted molar refractivity (Wildman–Crippen MR) is 101 cm³/mol. The van der Waals surface area contributed by atoms with Gasteiger partial charge in [0.25, 0.3) is 0 Å². The van der Waals surface area contributed by atoms with Gasteiger partial charge in [-0.15, -0.1) is 0 Å². The zero-order valence-electron chi connectivity index (χ0n) is 15.1. The minimum atomic E-state index is 0.406. The zero-order valence-corrected chi connectivity index (χ0v) is 15.1. The second kappa shape index (κ2) is 7.85. The van der Waals surface area contributed by atoms with Gasteiger partial charge in [0.1, 0.15) is 5.75 Å². The molecule has 128 valence electrons. The lowest BCUT2D eigenvalue weighted by molar-refractivity contribution is 0.229. The van der Waals surface area contributed by atoms with Crippen LogP contribution in [0.4, 0.5) is 0 Å². The summed E-state index contributed by atoms with van der Waals surface area (Å²) in [6, 6.07) is 17.9. The van der Waals surface area contributed by atoms with Crippen LogP contribution in [0, 0.1) is 12.8 Å². The SMILES string of the molecule is CNC1CCCC1COc1ccc(C(C)c2ccccc2C)cc1. The van der Waals surface area contributed by atoms with Gasteiger partial charge >= 0.3 is 0 Å². The zero-order chi connectivity index (χ0) is 16.9. The Balaban J connectivity index is 1.62. The molecular weight excluding hydrogens is 294 g/mol. The van der Waals surface area contributed by atoms with Crippen molar-refractivity contribution in [1.29, 1.82) is 0 Å². The van der Waals surface area contributed by atoms with E-state index >= 15 is 0 Å². The molecule has 2 aromatic carbocycles. The molecule has 0 saturated heterocycles. The minimum Gasteiger partial charge on any atom is -0.493 e. The van der Waals surface area contributed by atoms with Crippen LogP contribution in [-0.4, -0.2) is 19.7 Å². The first-order chi connectivity index (χ1) is 11.7. The molecule has 0 bridgehead atoms. The van der Waals surface area contributed by atoms with Crippen molar-refractivity contribution in [3.05, 3.63) is 65.2 Å². The maximum atomic E-state index is 6.05. The molecule has 0 spiro atoms. The molecular formula is C22H29NO. The van der Waals surface area contributed by atoms with Gasteiger partial charge in [-0.1, -0.05) is 49.7 Å². The Kier molecular flexibility index (Phi) is 5.57. The molecule has 1 aliphatic rings. The average molecular weight is 323 g/mol. The summed E-state index contributed by atoms with van der Waals surface area (Å²) in [6.07, 6.45) is 3.86. The molecule has 1 aliphatic carbocycles. The Bertz CT molecular complexity index is 649. The molecule has 2 heteroatoms. The summed E-state index contributed by atoms with van der Waals surface area (Å²) in [5.74, 6) is 2.03. The molecule has 3 rings (SSSR count). The van der Waals surface area contributed by atoms with Gasteiger partial charge < -0.3 is 10.1 Å². The molecule has 0 heterocycles. The van der Waals surface area contributed by atoms with E-state index in [1.165, 1.54) is 36.0 Å². The summed E-state index contributed by atoms with van der Waals surface area (Å²) in [4.78, 5) is 0. The third-order valence-electron chi connectivity index (χ3n) is 5.53. The van der Waals surface area contributed by atoms with E-state index in [1.807, 2.05) is 0 Å². The van der Waals surface area contributed by atoms with Crippen LogP contribution in [0.5, 0.6) is 5.75 Å². The van der Waals surface area contributed by atoms with Gasteiger partial charge in [-0.05, 0) is 55.6 Å². The average Bonchev–Trinajstić information content (AvgIpc) is 3.08. The van der Waals surface area contributed by atoms with E-state index in [2.05, 4.69) is 74.7 Å². The maximum Gasteiger partial charge on any atom is 0.119 e. The second-order valence-corrected chi connectivity index (χ2v) is 7.04. The topological polar surface area (TPSA) is 21.3 Å². The van der Waals surface area contributed by atoms with E-state index in [4.69, 9.17) is 4.74 Å². The largest absolute Gasteiger partial charge is 0.493 e.